The first-order chi connectivity index (χ1) is 9.74. The zero-order valence-electron chi connectivity index (χ0n) is 11.4. The highest BCUT2D eigenvalue weighted by molar-refractivity contribution is 9.10. The first kappa shape index (κ1) is 13.3. The average Bonchev–Trinajstić information content (AvgIpc) is 2.83. The zero-order valence-corrected chi connectivity index (χ0v) is 13.0. The number of para-hydroxylation sites is 1. The lowest BCUT2D eigenvalue weighted by Crippen LogP contribution is -2.09. The molecule has 0 aliphatic heterocycles. The smallest absolute Gasteiger partial charge is 0.0485 e. The molecule has 0 radical (unpaired) electrons. The normalized spacial score (nSPS) is 10.9. The standard InChI is InChI=1S/C17H17BrN2/c1-13-6-7-17-14(12-13)8-10-20(17)11-9-19-16-5-3-2-4-15(16)18/h2-8,10,12,19H,9,11H2,1H3. The van der Waals surface area contributed by atoms with E-state index in [-0.39, 0.29) is 0 Å². The summed E-state index contributed by atoms with van der Waals surface area (Å²) >= 11 is 3.55. The summed E-state index contributed by atoms with van der Waals surface area (Å²) in [6.07, 6.45) is 2.16. The summed E-state index contributed by atoms with van der Waals surface area (Å²) in [5.74, 6) is 0. The van der Waals surface area contributed by atoms with Crippen LogP contribution in [0, 0.1) is 6.92 Å². The van der Waals surface area contributed by atoms with Crippen molar-refractivity contribution in [3.05, 3.63) is 64.8 Å². The largest absolute Gasteiger partial charge is 0.382 e. The van der Waals surface area contributed by atoms with Crippen molar-refractivity contribution in [3.63, 3.8) is 0 Å². The molecular weight excluding hydrogens is 312 g/mol. The van der Waals surface area contributed by atoms with Crippen LogP contribution in [0.15, 0.2) is 59.2 Å². The van der Waals surface area contributed by atoms with E-state index in [0.29, 0.717) is 0 Å². The second kappa shape index (κ2) is 5.71. The topological polar surface area (TPSA) is 17.0 Å². The van der Waals surface area contributed by atoms with Crippen molar-refractivity contribution >= 4 is 32.5 Å². The van der Waals surface area contributed by atoms with Crippen LogP contribution in [0.5, 0.6) is 0 Å². The van der Waals surface area contributed by atoms with Gasteiger partial charge in [-0.1, -0.05) is 23.8 Å². The Hall–Kier alpha value is -1.74. The number of benzene rings is 2. The molecule has 0 amide bonds. The first-order valence-electron chi connectivity index (χ1n) is 6.78. The molecule has 1 heterocycles. The monoisotopic (exact) mass is 328 g/mol. The number of fused-ring (bicyclic) bond motifs is 1. The second-order valence-electron chi connectivity index (χ2n) is 4.98. The Kier molecular flexibility index (Phi) is 3.79. The van der Waals surface area contributed by atoms with Crippen molar-refractivity contribution in [1.29, 1.82) is 0 Å². The molecule has 3 aromatic rings. The predicted molar refractivity (Wildman–Crippen MR) is 89.3 cm³/mol. The fourth-order valence-corrected chi connectivity index (χ4v) is 2.86. The molecule has 0 unspecified atom stereocenters. The van der Waals surface area contributed by atoms with Gasteiger partial charge in [-0.2, -0.15) is 0 Å². The van der Waals surface area contributed by atoms with Crippen LogP contribution in [0.2, 0.25) is 0 Å². The molecule has 2 aromatic carbocycles. The van der Waals surface area contributed by atoms with Crippen LogP contribution >= 0.6 is 15.9 Å². The first-order valence-corrected chi connectivity index (χ1v) is 7.57. The summed E-state index contributed by atoms with van der Waals surface area (Å²) in [6, 6.07) is 17.0. The van der Waals surface area contributed by atoms with Crippen LogP contribution in [0.25, 0.3) is 10.9 Å². The molecule has 1 N–H and O–H groups in total. The maximum absolute atomic E-state index is 3.55. The van der Waals surface area contributed by atoms with Crippen LogP contribution in [-0.4, -0.2) is 11.1 Å². The summed E-state index contributed by atoms with van der Waals surface area (Å²) < 4.78 is 3.39. The van der Waals surface area contributed by atoms with E-state index in [1.807, 2.05) is 12.1 Å². The Balaban J connectivity index is 1.70. The predicted octanol–water partition coefficient (Wildman–Crippen LogP) is 4.82. The minimum absolute atomic E-state index is 0.903. The Bertz CT molecular complexity index is 731. The Morgan fingerprint density at radius 1 is 1.10 bits per heavy atom. The summed E-state index contributed by atoms with van der Waals surface area (Å²) in [6.45, 7) is 3.99. The number of nitrogens with zero attached hydrogens (tertiary/aromatic N) is 1. The van der Waals surface area contributed by atoms with Gasteiger partial charge in [0.05, 0.1) is 0 Å². The van der Waals surface area contributed by atoms with Crippen LogP contribution in [-0.2, 0) is 6.54 Å². The number of rotatable bonds is 4. The van der Waals surface area contributed by atoms with E-state index in [2.05, 4.69) is 75.3 Å². The van der Waals surface area contributed by atoms with Gasteiger partial charge in [-0.15, -0.1) is 0 Å². The van der Waals surface area contributed by atoms with Gasteiger partial charge >= 0.3 is 0 Å². The van der Waals surface area contributed by atoms with E-state index in [0.717, 1.165) is 23.2 Å². The van der Waals surface area contributed by atoms with Crippen molar-refractivity contribution in [3.8, 4) is 0 Å². The Labute approximate surface area is 127 Å². The molecule has 0 aliphatic rings. The van der Waals surface area contributed by atoms with E-state index in [1.165, 1.54) is 16.5 Å². The number of halogens is 1. The van der Waals surface area contributed by atoms with Gasteiger partial charge in [0.15, 0.2) is 0 Å². The number of hydrogen-bond acceptors (Lipinski definition) is 1. The van der Waals surface area contributed by atoms with Gasteiger partial charge in [-0.25, -0.2) is 0 Å². The number of hydrogen-bond donors (Lipinski definition) is 1. The zero-order chi connectivity index (χ0) is 13.9. The third-order valence-corrected chi connectivity index (χ3v) is 4.16. The molecule has 0 atom stereocenters. The maximum atomic E-state index is 3.55. The molecule has 0 saturated carbocycles. The summed E-state index contributed by atoms with van der Waals surface area (Å²) in [5, 5.41) is 4.77. The third kappa shape index (κ3) is 2.73. The average molecular weight is 329 g/mol. The lowest BCUT2D eigenvalue weighted by molar-refractivity contribution is 0.757. The highest BCUT2D eigenvalue weighted by Gasteiger charge is 2.01. The van der Waals surface area contributed by atoms with Crippen LogP contribution < -0.4 is 5.32 Å². The van der Waals surface area contributed by atoms with E-state index < -0.39 is 0 Å². The van der Waals surface area contributed by atoms with Crippen molar-refractivity contribution < 1.29 is 0 Å². The molecule has 0 bridgehead atoms. The lowest BCUT2D eigenvalue weighted by atomic mass is 10.2. The van der Waals surface area contributed by atoms with Crippen LogP contribution in [0.1, 0.15) is 5.56 Å². The van der Waals surface area contributed by atoms with Gasteiger partial charge in [0, 0.05) is 35.0 Å². The minimum atomic E-state index is 0.903. The maximum Gasteiger partial charge on any atom is 0.0485 e. The van der Waals surface area contributed by atoms with E-state index >= 15 is 0 Å². The molecule has 3 heteroatoms. The van der Waals surface area contributed by atoms with Crippen molar-refractivity contribution in [2.45, 2.75) is 13.5 Å². The molecule has 0 fully saturated rings. The van der Waals surface area contributed by atoms with E-state index in [4.69, 9.17) is 0 Å². The molecule has 102 valence electrons. The number of nitrogens with one attached hydrogen (secondary N) is 1. The fraction of sp³-hybridized carbons (Fsp3) is 0.176. The highest BCUT2D eigenvalue weighted by Crippen LogP contribution is 2.21. The van der Waals surface area contributed by atoms with E-state index in [1.54, 1.807) is 0 Å². The van der Waals surface area contributed by atoms with Crippen molar-refractivity contribution in [2.24, 2.45) is 0 Å². The summed E-state index contributed by atoms with van der Waals surface area (Å²) in [5.41, 5.74) is 3.74. The van der Waals surface area contributed by atoms with Gasteiger partial charge in [0.1, 0.15) is 0 Å². The fourth-order valence-electron chi connectivity index (χ4n) is 2.43. The molecule has 0 saturated heterocycles. The quantitative estimate of drug-likeness (QED) is 0.726. The van der Waals surface area contributed by atoms with Gasteiger partial charge in [-0.3, -0.25) is 0 Å². The number of anilines is 1. The Morgan fingerprint density at radius 2 is 1.95 bits per heavy atom. The van der Waals surface area contributed by atoms with E-state index in [9.17, 15) is 0 Å². The molecule has 2 nitrogen and oxygen atoms in total. The Morgan fingerprint density at radius 3 is 2.80 bits per heavy atom. The van der Waals surface area contributed by atoms with Crippen molar-refractivity contribution in [2.75, 3.05) is 11.9 Å². The lowest BCUT2D eigenvalue weighted by Gasteiger charge is -2.10. The summed E-state index contributed by atoms with van der Waals surface area (Å²) in [4.78, 5) is 0. The third-order valence-electron chi connectivity index (χ3n) is 3.47. The van der Waals surface area contributed by atoms with Crippen molar-refractivity contribution in [1.82, 2.24) is 4.57 Å². The number of aromatic nitrogens is 1. The summed E-state index contributed by atoms with van der Waals surface area (Å²) in [7, 11) is 0. The number of aryl methyl sites for hydroxylation is 1. The minimum Gasteiger partial charge on any atom is -0.382 e. The van der Waals surface area contributed by atoms with Gasteiger partial charge < -0.3 is 9.88 Å². The molecule has 1 aromatic heterocycles. The van der Waals surface area contributed by atoms with Crippen LogP contribution in [0.4, 0.5) is 5.69 Å². The molecule has 20 heavy (non-hydrogen) atoms. The van der Waals surface area contributed by atoms with Gasteiger partial charge in [-0.05, 0) is 58.6 Å². The van der Waals surface area contributed by atoms with Gasteiger partial charge in [0.2, 0.25) is 0 Å². The molecule has 3 rings (SSSR count). The second-order valence-corrected chi connectivity index (χ2v) is 5.83. The van der Waals surface area contributed by atoms with Gasteiger partial charge in [0.25, 0.3) is 0 Å². The molecular formula is C17H17BrN2. The molecule has 0 aliphatic carbocycles. The molecule has 0 spiro atoms. The SMILES string of the molecule is Cc1ccc2c(ccn2CCNc2ccccc2Br)c1. The van der Waals surface area contributed by atoms with Crippen LogP contribution in [0.3, 0.4) is 0 Å². The highest BCUT2D eigenvalue weighted by atomic mass is 79.9.